The quantitative estimate of drug-likeness (QED) is 0.649. The number of methoxy groups -OCH3 is 1. The first-order valence-electron chi connectivity index (χ1n) is 11.1. The van der Waals surface area contributed by atoms with Crippen molar-refractivity contribution in [3.63, 3.8) is 0 Å². The number of nitrogens with zero attached hydrogens (tertiary/aromatic N) is 2. The van der Waals surface area contributed by atoms with Crippen molar-refractivity contribution in [2.75, 3.05) is 31.7 Å². The number of amides is 2. The molecule has 0 spiro atoms. The van der Waals surface area contributed by atoms with Crippen LogP contribution in [0.2, 0.25) is 5.02 Å². The number of carbonyl (C=O) groups is 2. The SMILES string of the molecule is COCCn1cc(F)cc(N2CCC(c3cccc(C4CCC(=O)NC4=O)c3Cl)CC2)c1=O. The van der Waals surface area contributed by atoms with Crippen LogP contribution in [0, 0.1) is 5.82 Å². The molecule has 176 valence electrons. The molecule has 7 nitrogen and oxygen atoms in total. The standard InChI is InChI=1S/C24H27ClFN3O4/c1-33-12-11-29-14-16(26)13-20(24(29)32)28-9-7-15(8-10-28)17-3-2-4-18(22(17)25)19-5-6-21(30)27-23(19)31/h2-4,13-15,19H,5-12H2,1H3,(H,27,30,31). The Labute approximate surface area is 196 Å². The lowest BCUT2D eigenvalue weighted by atomic mass is 9.84. The maximum Gasteiger partial charge on any atom is 0.274 e. The van der Waals surface area contributed by atoms with E-state index in [1.807, 2.05) is 23.1 Å². The number of rotatable bonds is 6. The van der Waals surface area contributed by atoms with E-state index in [1.165, 1.54) is 23.9 Å². The number of pyridine rings is 1. The summed E-state index contributed by atoms with van der Waals surface area (Å²) in [5.74, 6) is -1.30. The van der Waals surface area contributed by atoms with E-state index in [4.69, 9.17) is 16.3 Å². The molecule has 2 amide bonds. The number of carbonyl (C=O) groups excluding carboxylic acids is 2. The van der Waals surface area contributed by atoms with Gasteiger partial charge >= 0.3 is 0 Å². The second-order valence-corrected chi connectivity index (χ2v) is 8.93. The summed E-state index contributed by atoms with van der Waals surface area (Å²) in [5, 5.41) is 2.96. The third-order valence-electron chi connectivity index (χ3n) is 6.52. The molecule has 0 bridgehead atoms. The Kier molecular flexibility index (Phi) is 7.14. The lowest BCUT2D eigenvalue weighted by Gasteiger charge is -2.34. The molecule has 1 unspecified atom stereocenters. The third kappa shape index (κ3) is 4.96. The minimum absolute atomic E-state index is 0.159. The smallest absolute Gasteiger partial charge is 0.274 e. The molecule has 0 saturated carbocycles. The van der Waals surface area contributed by atoms with Crippen molar-refractivity contribution in [3.05, 3.63) is 62.8 Å². The zero-order chi connectivity index (χ0) is 23.5. The number of halogens is 2. The fraction of sp³-hybridized carbons (Fsp3) is 0.458. The predicted molar refractivity (Wildman–Crippen MR) is 123 cm³/mol. The van der Waals surface area contributed by atoms with Crippen molar-refractivity contribution < 1.29 is 18.7 Å². The van der Waals surface area contributed by atoms with Gasteiger partial charge in [-0.25, -0.2) is 4.39 Å². The van der Waals surface area contributed by atoms with Crippen LogP contribution >= 0.6 is 11.6 Å². The molecule has 2 aliphatic rings. The van der Waals surface area contributed by atoms with Crippen LogP contribution in [0.5, 0.6) is 0 Å². The van der Waals surface area contributed by atoms with E-state index < -0.39 is 11.7 Å². The van der Waals surface area contributed by atoms with Gasteiger partial charge in [0.25, 0.3) is 5.56 Å². The van der Waals surface area contributed by atoms with E-state index >= 15 is 0 Å². The van der Waals surface area contributed by atoms with Crippen molar-refractivity contribution in [2.45, 2.75) is 44.1 Å². The van der Waals surface area contributed by atoms with Crippen LogP contribution in [-0.2, 0) is 20.9 Å². The normalized spacial score (nSPS) is 19.6. The summed E-state index contributed by atoms with van der Waals surface area (Å²) in [6, 6.07) is 7.00. The lowest BCUT2D eigenvalue weighted by molar-refractivity contribution is -0.134. The monoisotopic (exact) mass is 475 g/mol. The summed E-state index contributed by atoms with van der Waals surface area (Å²) in [7, 11) is 1.54. The number of aromatic nitrogens is 1. The Morgan fingerprint density at radius 1 is 1.15 bits per heavy atom. The molecule has 3 heterocycles. The maximum absolute atomic E-state index is 14.2. The van der Waals surface area contributed by atoms with E-state index in [2.05, 4.69) is 5.32 Å². The van der Waals surface area contributed by atoms with Crippen LogP contribution in [0.3, 0.4) is 0 Å². The van der Waals surface area contributed by atoms with Gasteiger partial charge in [-0.05, 0) is 36.3 Å². The van der Waals surface area contributed by atoms with Crippen LogP contribution in [0.4, 0.5) is 10.1 Å². The zero-order valence-electron chi connectivity index (χ0n) is 18.5. The van der Waals surface area contributed by atoms with Crippen LogP contribution < -0.4 is 15.8 Å². The Bertz CT molecular complexity index is 1110. The first-order valence-corrected chi connectivity index (χ1v) is 11.5. The highest BCUT2D eigenvalue weighted by Gasteiger charge is 2.31. The van der Waals surface area contributed by atoms with E-state index in [0.29, 0.717) is 49.8 Å². The molecular formula is C24H27ClFN3O4. The molecule has 2 aliphatic heterocycles. The Morgan fingerprint density at radius 3 is 2.58 bits per heavy atom. The van der Waals surface area contributed by atoms with Gasteiger partial charge in [0.2, 0.25) is 11.8 Å². The predicted octanol–water partition coefficient (Wildman–Crippen LogP) is 3.19. The lowest BCUT2D eigenvalue weighted by Crippen LogP contribution is -2.39. The summed E-state index contributed by atoms with van der Waals surface area (Å²) >= 11 is 6.75. The number of imide groups is 1. The van der Waals surface area contributed by atoms with Crippen LogP contribution in [-0.4, -0.2) is 43.2 Å². The van der Waals surface area contributed by atoms with E-state index in [0.717, 1.165) is 24.0 Å². The molecule has 33 heavy (non-hydrogen) atoms. The summed E-state index contributed by atoms with van der Waals surface area (Å²) in [6.45, 7) is 1.80. The summed E-state index contributed by atoms with van der Waals surface area (Å²) in [4.78, 5) is 38.6. The van der Waals surface area contributed by atoms with Gasteiger partial charge in [0.1, 0.15) is 11.5 Å². The molecular weight excluding hydrogens is 449 g/mol. The first-order chi connectivity index (χ1) is 15.9. The van der Waals surface area contributed by atoms with Gasteiger partial charge in [0.15, 0.2) is 0 Å². The highest BCUT2D eigenvalue weighted by molar-refractivity contribution is 6.32. The van der Waals surface area contributed by atoms with E-state index in [9.17, 15) is 18.8 Å². The molecule has 2 aromatic rings. The molecule has 0 aliphatic carbocycles. The summed E-state index contributed by atoms with van der Waals surface area (Å²) in [5.41, 5.74) is 1.83. The van der Waals surface area contributed by atoms with Gasteiger partial charge < -0.3 is 14.2 Å². The molecule has 2 saturated heterocycles. The molecule has 0 radical (unpaired) electrons. The van der Waals surface area contributed by atoms with E-state index in [1.54, 1.807) is 0 Å². The third-order valence-corrected chi connectivity index (χ3v) is 6.96. The minimum Gasteiger partial charge on any atom is -0.383 e. The minimum atomic E-state index is -0.456. The van der Waals surface area contributed by atoms with Gasteiger partial charge in [-0.1, -0.05) is 29.8 Å². The fourth-order valence-corrected chi connectivity index (χ4v) is 5.15. The molecule has 4 rings (SSSR count). The van der Waals surface area contributed by atoms with Crippen molar-refractivity contribution in [3.8, 4) is 0 Å². The van der Waals surface area contributed by atoms with Crippen molar-refractivity contribution >= 4 is 29.1 Å². The Balaban J connectivity index is 1.50. The largest absolute Gasteiger partial charge is 0.383 e. The molecule has 1 aromatic carbocycles. The van der Waals surface area contributed by atoms with Crippen LogP contribution in [0.25, 0.3) is 0 Å². The molecule has 2 fully saturated rings. The number of ether oxygens (including phenoxy) is 1. The van der Waals surface area contributed by atoms with Gasteiger partial charge in [-0.15, -0.1) is 0 Å². The number of nitrogens with one attached hydrogen (secondary N) is 1. The van der Waals surface area contributed by atoms with Crippen molar-refractivity contribution in [2.24, 2.45) is 0 Å². The number of hydrogen-bond donors (Lipinski definition) is 1. The number of piperidine rings is 2. The molecule has 1 atom stereocenters. The zero-order valence-corrected chi connectivity index (χ0v) is 19.2. The highest BCUT2D eigenvalue weighted by atomic mass is 35.5. The second kappa shape index (κ2) is 10.1. The van der Waals surface area contributed by atoms with Gasteiger partial charge in [-0.2, -0.15) is 0 Å². The second-order valence-electron chi connectivity index (χ2n) is 8.55. The maximum atomic E-state index is 14.2. The summed E-state index contributed by atoms with van der Waals surface area (Å²) in [6.07, 6.45) is 3.43. The molecule has 9 heteroatoms. The number of hydrogen-bond acceptors (Lipinski definition) is 5. The average Bonchev–Trinajstić information content (AvgIpc) is 2.80. The Morgan fingerprint density at radius 2 is 1.88 bits per heavy atom. The van der Waals surface area contributed by atoms with Gasteiger partial charge in [-0.3, -0.25) is 19.7 Å². The average molecular weight is 476 g/mol. The van der Waals surface area contributed by atoms with Crippen molar-refractivity contribution in [1.82, 2.24) is 9.88 Å². The van der Waals surface area contributed by atoms with Crippen LogP contribution in [0.1, 0.15) is 48.6 Å². The topological polar surface area (TPSA) is 80.6 Å². The molecule has 1 N–H and O–H groups in total. The Hall–Kier alpha value is -2.71. The van der Waals surface area contributed by atoms with Crippen molar-refractivity contribution in [1.29, 1.82) is 0 Å². The fourth-order valence-electron chi connectivity index (χ4n) is 4.74. The first kappa shape index (κ1) is 23.4. The van der Waals surface area contributed by atoms with Gasteiger partial charge in [0.05, 0.1) is 12.5 Å². The highest BCUT2D eigenvalue weighted by Crippen LogP contribution is 2.39. The van der Waals surface area contributed by atoms with Gasteiger partial charge in [0, 0.05) is 50.5 Å². The van der Waals surface area contributed by atoms with Crippen LogP contribution in [0.15, 0.2) is 35.3 Å². The van der Waals surface area contributed by atoms with E-state index in [-0.39, 0.29) is 23.3 Å². The summed E-state index contributed by atoms with van der Waals surface area (Å²) < 4.78 is 20.5. The molecule has 1 aromatic heterocycles. The number of anilines is 1. The number of benzene rings is 1.